The lowest BCUT2D eigenvalue weighted by Crippen LogP contribution is -2.21. The summed E-state index contributed by atoms with van der Waals surface area (Å²) in [5.74, 6) is -0.812. The van der Waals surface area contributed by atoms with Crippen LogP contribution < -0.4 is 0 Å². The molecule has 0 bridgehead atoms. The molecule has 1 N–H and O–H groups in total. The van der Waals surface area contributed by atoms with Gasteiger partial charge in [-0.25, -0.2) is 0 Å². The minimum Gasteiger partial charge on any atom is -0.481 e. The van der Waals surface area contributed by atoms with E-state index in [1.165, 1.54) is 0 Å². The Balaban J connectivity index is 2.31. The molecule has 0 aliphatic heterocycles. The number of halogens is 1. The third kappa shape index (κ3) is 2.86. The van der Waals surface area contributed by atoms with Crippen molar-refractivity contribution in [1.82, 2.24) is 0 Å². The third-order valence-corrected chi connectivity index (χ3v) is 4.36. The maximum Gasteiger partial charge on any atom is 0.307 e. The molecule has 0 saturated heterocycles. The second-order valence-corrected chi connectivity index (χ2v) is 5.61. The highest BCUT2D eigenvalue weighted by Gasteiger charge is 2.30. The molecule has 0 heterocycles. The lowest BCUT2D eigenvalue weighted by atomic mass is 9.82. The summed E-state index contributed by atoms with van der Waals surface area (Å²) < 4.78 is 0. The summed E-state index contributed by atoms with van der Waals surface area (Å²) in [6.07, 6.45) is 5.01. The quantitative estimate of drug-likeness (QED) is 0.806. The summed E-state index contributed by atoms with van der Waals surface area (Å²) in [5, 5.41) is 10.1. The molecule has 0 aromatic heterocycles. The predicted octanol–water partition coefficient (Wildman–Crippen LogP) is 4.40. The van der Waals surface area contributed by atoms with Crippen LogP contribution in [0, 0.1) is 12.8 Å². The van der Waals surface area contributed by atoms with Crippen molar-refractivity contribution in [3.05, 3.63) is 34.3 Å². The standard InChI is InChI=1S/C15H19ClO2/c1-10-7-8-11(9-14(10)16)12-5-3-2-4-6-13(12)15(17)18/h7-9,12-13H,2-6H2,1H3,(H,17,18). The van der Waals surface area contributed by atoms with Crippen LogP contribution in [0.4, 0.5) is 0 Å². The molecule has 1 aromatic rings. The molecule has 0 radical (unpaired) electrons. The number of carbonyl (C=O) groups is 1. The van der Waals surface area contributed by atoms with E-state index in [1.807, 2.05) is 25.1 Å². The Morgan fingerprint density at radius 2 is 2.00 bits per heavy atom. The molecular formula is C15H19ClO2. The summed E-state index contributed by atoms with van der Waals surface area (Å²) in [6, 6.07) is 5.97. The number of hydrogen-bond acceptors (Lipinski definition) is 1. The summed E-state index contributed by atoms with van der Waals surface area (Å²) in [7, 11) is 0. The van der Waals surface area contributed by atoms with Gasteiger partial charge in [0.1, 0.15) is 0 Å². The van der Waals surface area contributed by atoms with Crippen molar-refractivity contribution in [2.24, 2.45) is 5.92 Å². The Morgan fingerprint density at radius 1 is 1.28 bits per heavy atom. The summed E-state index contributed by atoms with van der Waals surface area (Å²) in [4.78, 5) is 11.4. The number of rotatable bonds is 2. The lowest BCUT2D eigenvalue weighted by Gasteiger charge is -2.22. The van der Waals surface area contributed by atoms with Gasteiger partial charge in [-0.3, -0.25) is 4.79 Å². The summed E-state index contributed by atoms with van der Waals surface area (Å²) >= 11 is 6.15. The Hall–Kier alpha value is -1.02. The molecule has 0 amide bonds. The fraction of sp³-hybridized carbons (Fsp3) is 0.533. The first-order valence-electron chi connectivity index (χ1n) is 6.58. The maximum atomic E-state index is 11.4. The van der Waals surface area contributed by atoms with Crippen LogP contribution in [0.3, 0.4) is 0 Å². The number of carboxylic acids is 1. The lowest BCUT2D eigenvalue weighted by molar-refractivity contribution is -0.142. The van der Waals surface area contributed by atoms with Crippen molar-refractivity contribution in [1.29, 1.82) is 0 Å². The van der Waals surface area contributed by atoms with Crippen LogP contribution in [0.2, 0.25) is 5.02 Å². The number of benzene rings is 1. The fourth-order valence-corrected chi connectivity index (χ4v) is 3.03. The summed E-state index contributed by atoms with van der Waals surface area (Å²) in [6.45, 7) is 1.97. The van der Waals surface area contributed by atoms with Gasteiger partial charge in [0.15, 0.2) is 0 Å². The number of carboxylic acid groups (broad SMARTS) is 1. The van der Waals surface area contributed by atoms with Gasteiger partial charge in [-0.2, -0.15) is 0 Å². The van der Waals surface area contributed by atoms with Crippen LogP contribution in [-0.4, -0.2) is 11.1 Å². The molecule has 1 fully saturated rings. The molecule has 1 saturated carbocycles. The van der Waals surface area contributed by atoms with Crippen LogP contribution in [-0.2, 0) is 4.79 Å². The van der Waals surface area contributed by atoms with E-state index < -0.39 is 5.97 Å². The molecule has 1 aliphatic carbocycles. The number of aryl methyl sites for hydroxylation is 1. The normalized spacial score (nSPS) is 24.6. The maximum absolute atomic E-state index is 11.4. The Morgan fingerprint density at radius 3 is 2.67 bits per heavy atom. The van der Waals surface area contributed by atoms with Gasteiger partial charge in [0.2, 0.25) is 0 Å². The van der Waals surface area contributed by atoms with E-state index in [9.17, 15) is 9.90 Å². The molecule has 0 spiro atoms. The molecule has 98 valence electrons. The van der Waals surface area contributed by atoms with Gasteiger partial charge >= 0.3 is 5.97 Å². The zero-order chi connectivity index (χ0) is 13.1. The number of aliphatic carboxylic acids is 1. The Labute approximate surface area is 113 Å². The zero-order valence-corrected chi connectivity index (χ0v) is 11.4. The topological polar surface area (TPSA) is 37.3 Å². The molecule has 1 aliphatic rings. The van der Waals surface area contributed by atoms with Crippen LogP contribution in [0.15, 0.2) is 18.2 Å². The monoisotopic (exact) mass is 266 g/mol. The first-order chi connectivity index (χ1) is 8.59. The van der Waals surface area contributed by atoms with E-state index in [0.717, 1.165) is 48.3 Å². The van der Waals surface area contributed by atoms with Gasteiger partial charge < -0.3 is 5.11 Å². The van der Waals surface area contributed by atoms with Crippen molar-refractivity contribution in [2.75, 3.05) is 0 Å². The van der Waals surface area contributed by atoms with Gasteiger partial charge in [0.05, 0.1) is 5.92 Å². The van der Waals surface area contributed by atoms with Crippen LogP contribution in [0.1, 0.15) is 49.1 Å². The van der Waals surface area contributed by atoms with Gasteiger partial charge in [-0.05, 0) is 42.9 Å². The zero-order valence-electron chi connectivity index (χ0n) is 10.7. The van der Waals surface area contributed by atoms with E-state index in [-0.39, 0.29) is 11.8 Å². The van der Waals surface area contributed by atoms with E-state index in [4.69, 9.17) is 11.6 Å². The van der Waals surface area contributed by atoms with Crippen molar-refractivity contribution in [3.63, 3.8) is 0 Å². The van der Waals surface area contributed by atoms with E-state index >= 15 is 0 Å². The molecule has 2 rings (SSSR count). The molecular weight excluding hydrogens is 248 g/mol. The first-order valence-corrected chi connectivity index (χ1v) is 6.96. The van der Waals surface area contributed by atoms with Gasteiger partial charge in [0.25, 0.3) is 0 Å². The minimum absolute atomic E-state index is 0.114. The minimum atomic E-state index is -0.668. The molecule has 3 heteroatoms. The van der Waals surface area contributed by atoms with Crippen LogP contribution >= 0.6 is 11.6 Å². The smallest absolute Gasteiger partial charge is 0.307 e. The van der Waals surface area contributed by atoms with E-state index in [1.54, 1.807) is 0 Å². The van der Waals surface area contributed by atoms with Crippen LogP contribution in [0.25, 0.3) is 0 Å². The molecule has 1 aromatic carbocycles. The van der Waals surface area contributed by atoms with Gasteiger partial charge in [-0.1, -0.05) is 43.0 Å². The SMILES string of the molecule is Cc1ccc(C2CCCCCC2C(=O)O)cc1Cl. The highest BCUT2D eigenvalue weighted by atomic mass is 35.5. The number of hydrogen-bond donors (Lipinski definition) is 1. The predicted molar refractivity (Wildman–Crippen MR) is 73.1 cm³/mol. The van der Waals surface area contributed by atoms with E-state index in [2.05, 4.69) is 0 Å². The van der Waals surface area contributed by atoms with Gasteiger partial charge in [-0.15, -0.1) is 0 Å². The molecule has 2 atom stereocenters. The highest BCUT2D eigenvalue weighted by Crippen LogP contribution is 2.37. The van der Waals surface area contributed by atoms with Crippen molar-refractivity contribution in [2.45, 2.75) is 44.9 Å². The second-order valence-electron chi connectivity index (χ2n) is 5.20. The second kappa shape index (κ2) is 5.75. The fourth-order valence-electron chi connectivity index (χ4n) is 2.84. The third-order valence-electron chi connectivity index (χ3n) is 3.96. The highest BCUT2D eigenvalue weighted by molar-refractivity contribution is 6.31. The summed E-state index contributed by atoms with van der Waals surface area (Å²) in [5.41, 5.74) is 2.13. The first kappa shape index (κ1) is 13.4. The average Bonchev–Trinajstić information content (AvgIpc) is 2.58. The Kier molecular flexibility index (Phi) is 4.28. The van der Waals surface area contributed by atoms with Crippen LogP contribution in [0.5, 0.6) is 0 Å². The Bertz CT molecular complexity index is 442. The van der Waals surface area contributed by atoms with Crippen molar-refractivity contribution in [3.8, 4) is 0 Å². The van der Waals surface area contributed by atoms with Gasteiger partial charge in [0, 0.05) is 5.02 Å². The molecule has 18 heavy (non-hydrogen) atoms. The largest absolute Gasteiger partial charge is 0.481 e. The van der Waals surface area contributed by atoms with E-state index in [0.29, 0.717) is 0 Å². The van der Waals surface area contributed by atoms with Crippen molar-refractivity contribution < 1.29 is 9.90 Å². The average molecular weight is 267 g/mol. The molecule has 2 unspecified atom stereocenters. The van der Waals surface area contributed by atoms with Crippen molar-refractivity contribution >= 4 is 17.6 Å². The molecule has 2 nitrogen and oxygen atoms in total.